The van der Waals surface area contributed by atoms with E-state index in [-0.39, 0.29) is 32.5 Å². The SMILES string of the molecule is CCC1=C(CC)c2nc1cc1[nH]c(c(CC)c1CC)c(-c1ccc(C#CC34CCC(C#Cc5ccc(-c6c7nc(cc8[nH]c(c(CC)c8CC)c(-c8cc(C(C)(C)C)cc(C(C)(C)C)c8)c8nc(cc9[nH]c6c(CC)c9CC)C(CC)=C8CC)C(CC)=C7CC)cc5)(CC3)CC4)cc1)c1nc(cc3[nH]c(c(CC)c3CC)c2-c2cc(C(C)(C)C)cc(C(C)(C)C)c2)C(CC)=C1CC. The van der Waals surface area contributed by atoms with Gasteiger partial charge in [0.2, 0.25) is 0 Å². The topological polar surface area (TPSA) is 115 Å². The van der Waals surface area contributed by atoms with Crippen LogP contribution in [-0.4, -0.2) is 39.9 Å². The lowest BCUT2D eigenvalue weighted by Crippen LogP contribution is -2.40. The first-order valence-electron chi connectivity index (χ1n) is 51.3. The molecule has 7 aliphatic rings. The summed E-state index contributed by atoms with van der Waals surface area (Å²) in [5.41, 5.74) is 55.7. The van der Waals surface area contributed by atoms with Crippen molar-refractivity contribution in [2.75, 3.05) is 0 Å². The number of aromatic amines is 4. The molecule has 3 fully saturated rings. The van der Waals surface area contributed by atoms with Crippen LogP contribution in [0.2, 0.25) is 0 Å². The molecule has 4 aromatic carbocycles. The summed E-state index contributed by atoms with van der Waals surface area (Å²) in [5, 5.41) is 0. The first-order chi connectivity index (χ1) is 63.1. The summed E-state index contributed by atoms with van der Waals surface area (Å²) in [6, 6.07) is 43.1. The molecule has 686 valence electrons. The summed E-state index contributed by atoms with van der Waals surface area (Å²) in [6.45, 7) is 65.6. The lowest BCUT2D eigenvalue weighted by atomic mass is 9.54. The molecule has 10 heterocycles. The van der Waals surface area contributed by atoms with Crippen LogP contribution in [0.15, 0.2) is 109 Å². The third-order valence-corrected chi connectivity index (χ3v) is 30.9. The normalized spacial score (nSPS) is 16.6. The van der Waals surface area contributed by atoms with Crippen molar-refractivity contribution in [2.45, 2.75) is 357 Å². The van der Waals surface area contributed by atoms with Crippen LogP contribution in [0.4, 0.5) is 0 Å². The Labute approximate surface area is 791 Å². The number of aryl methyl sites for hydroxylation is 8. The molecule has 0 amide bonds. The second-order valence-electron chi connectivity index (χ2n) is 42.7. The van der Waals surface area contributed by atoms with Crippen molar-refractivity contribution in [3.05, 3.63) is 233 Å². The summed E-state index contributed by atoms with van der Waals surface area (Å²) in [4.78, 5) is 40.8. The molecule has 4 N–H and O–H groups in total. The zero-order valence-electron chi connectivity index (χ0n) is 85.7. The molecule has 0 saturated heterocycles. The highest BCUT2D eigenvalue weighted by atomic mass is 14.8. The second kappa shape index (κ2) is 36.9. The van der Waals surface area contributed by atoms with Gasteiger partial charge in [-0.25, -0.2) is 19.9 Å². The molecule has 0 spiro atoms. The zero-order chi connectivity index (χ0) is 94.3. The van der Waals surface area contributed by atoms with Gasteiger partial charge in [0.05, 0.1) is 67.6 Å². The fourth-order valence-corrected chi connectivity index (χ4v) is 23.4. The average Bonchev–Trinajstić information content (AvgIpc) is 1.58. The van der Waals surface area contributed by atoms with Crippen molar-refractivity contribution >= 4 is 88.7 Å². The predicted octanol–water partition coefficient (Wildman–Crippen LogP) is 34.0. The third kappa shape index (κ3) is 16.9. The average molecular weight is 1750 g/mol. The molecule has 3 aliphatic carbocycles. The third-order valence-electron chi connectivity index (χ3n) is 30.9. The van der Waals surface area contributed by atoms with E-state index in [1.54, 1.807) is 0 Å². The molecule has 132 heavy (non-hydrogen) atoms. The lowest BCUT2D eigenvalue weighted by molar-refractivity contribution is 0.0718. The van der Waals surface area contributed by atoms with Crippen LogP contribution < -0.4 is 0 Å². The van der Waals surface area contributed by atoms with Crippen LogP contribution in [-0.2, 0) is 73.0 Å². The smallest absolute Gasteiger partial charge is 0.0771 e. The maximum atomic E-state index is 5.98. The van der Waals surface area contributed by atoms with E-state index in [1.165, 1.54) is 145 Å². The molecule has 8 heteroatoms. The Balaban J connectivity index is 0.767. The van der Waals surface area contributed by atoms with Gasteiger partial charge in [-0.15, -0.1) is 0 Å². The maximum absolute atomic E-state index is 5.98. The highest BCUT2D eigenvalue weighted by molar-refractivity contribution is 6.07. The van der Waals surface area contributed by atoms with E-state index in [1.807, 2.05) is 0 Å². The number of nitrogens with one attached hydrogen (secondary N) is 4. The zero-order valence-corrected chi connectivity index (χ0v) is 85.7. The fourth-order valence-electron chi connectivity index (χ4n) is 23.4. The molecule has 3 saturated carbocycles. The molecule has 17 rings (SSSR count). The van der Waals surface area contributed by atoms with Crippen LogP contribution in [0.3, 0.4) is 0 Å². The van der Waals surface area contributed by atoms with Crippen LogP contribution >= 0.6 is 0 Å². The van der Waals surface area contributed by atoms with Gasteiger partial charge < -0.3 is 19.9 Å². The number of benzene rings is 4. The van der Waals surface area contributed by atoms with Gasteiger partial charge >= 0.3 is 0 Å². The number of aromatic nitrogens is 8. The second-order valence-corrected chi connectivity index (χ2v) is 42.7. The van der Waals surface area contributed by atoms with Gasteiger partial charge in [0.1, 0.15) is 0 Å². The van der Waals surface area contributed by atoms with E-state index < -0.39 is 0 Å². The molecular formula is C124H150N8. The standard InChI is InChI=1S/C124H150N8/c1-29-83-91(37-9)111-107(112-92(38-10)84(30-2)100(126-112)70-104-88(34-6)96(42-14)116(130-104)109(77-63-79(119(17,18)19)67-80(64-77)120(20,21)22)115-95(41-13)87(33-5)103(129-115)69-99(83)125-111)75-49-45-73(46-50-75)53-55-123-57-60-124(61-58-123,62-59-123)56-54-74-47-51-76(52-48-74)108-113-93(39-11)85(31-3)101(127-113)71-105-89(35-7)97(43-15)117(131-105)110(78-65-81(121(23,24)25)68-82(66-78)122(26,27)28)118-98(44-16)90(36-8)106(132-118)72-102-86(32-4)94(40-12)114(108)128-102/h45-52,63-72,125,127,130,132H,29-44,57-62H2,1-28H3. The number of hydrogen-bond acceptors (Lipinski definition) is 4. The minimum absolute atomic E-state index is 0.0366. The largest absolute Gasteiger partial charge is 0.354 e. The van der Waals surface area contributed by atoms with E-state index in [0.29, 0.717) is 0 Å². The molecule has 6 aromatic heterocycles. The summed E-state index contributed by atoms with van der Waals surface area (Å²) < 4.78 is 0. The van der Waals surface area contributed by atoms with E-state index in [4.69, 9.17) is 19.9 Å². The van der Waals surface area contributed by atoms with Crippen LogP contribution in [0.1, 0.15) is 407 Å². The first kappa shape index (κ1) is 94.4. The van der Waals surface area contributed by atoms with Gasteiger partial charge in [0.25, 0.3) is 0 Å². The number of nitrogens with zero attached hydrogens (tertiary/aromatic N) is 4. The minimum atomic E-state index is -0.0747. The van der Waals surface area contributed by atoms with Gasteiger partial charge in [-0.3, -0.25) is 0 Å². The van der Waals surface area contributed by atoms with Crippen molar-refractivity contribution in [1.82, 2.24) is 39.9 Å². The molecule has 8 nitrogen and oxygen atoms in total. The Bertz CT molecular complexity index is 6400. The highest BCUT2D eigenvalue weighted by Crippen LogP contribution is 2.58. The van der Waals surface area contributed by atoms with Crippen molar-refractivity contribution < 1.29 is 0 Å². The fraction of sp³-hybridized carbons (Fsp3) is 0.452. The quantitative estimate of drug-likeness (QED) is 0.0569. The van der Waals surface area contributed by atoms with Gasteiger partial charge in [0.15, 0.2) is 0 Å². The van der Waals surface area contributed by atoms with E-state index in [9.17, 15) is 0 Å². The molecular weight excluding hydrogens is 1600 g/mol. The molecule has 10 aromatic rings. The van der Waals surface area contributed by atoms with Crippen molar-refractivity contribution in [1.29, 1.82) is 0 Å². The van der Waals surface area contributed by atoms with Gasteiger partial charge in [-0.1, -0.05) is 278 Å². The monoisotopic (exact) mass is 1750 g/mol. The first-order valence-corrected chi connectivity index (χ1v) is 51.3. The Hall–Kier alpha value is -10.8. The van der Waals surface area contributed by atoms with Crippen molar-refractivity contribution in [3.8, 4) is 68.2 Å². The Morgan fingerprint density at radius 3 is 0.636 bits per heavy atom. The van der Waals surface area contributed by atoms with Crippen LogP contribution in [0.25, 0.3) is 133 Å². The van der Waals surface area contributed by atoms with E-state index >= 15 is 0 Å². The number of H-pyrrole nitrogens is 4. The molecule has 0 atom stereocenters. The number of allylic oxidation sites excluding steroid dienone is 8. The number of fused-ring (bicyclic) bond motifs is 19. The van der Waals surface area contributed by atoms with Crippen LogP contribution in [0.5, 0.6) is 0 Å². The predicted molar refractivity (Wildman–Crippen MR) is 569 cm³/mol. The summed E-state index contributed by atoms with van der Waals surface area (Å²) in [5.74, 6) is 15.7. The number of rotatable bonds is 20. The Morgan fingerprint density at radius 1 is 0.242 bits per heavy atom. The van der Waals surface area contributed by atoms with Crippen LogP contribution in [0, 0.1) is 34.5 Å². The van der Waals surface area contributed by atoms with Crippen molar-refractivity contribution in [2.24, 2.45) is 10.8 Å². The molecule has 18 bridgehead atoms. The molecule has 0 unspecified atom stereocenters. The molecule has 0 radical (unpaired) electrons. The summed E-state index contributed by atoms with van der Waals surface area (Å²) in [7, 11) is 0. The summed E-state index contributed by atoms with van der Waals surface area (Å²) in [6.07, 6.45) is 20.3. The lowest BCUT2D eigenvalue weighted by Gasteiger charge is -2.48. The van der Waals surface area contributed by atoms with Gasteiger partial charge in [-0.2, -0.15) is 0 Å². The Kier molecular flexibility index (Phi) is 26.4. The van der Waals surface area contributed by atoms with Gasteiger partial charge in [0, 0.05) is 66.3 Å². The molecule has 4 aliphatic heterocycles. The van der Waals surface area contributed by atoms with E-state index in [2.05, 4.69) is 347 Å². The van der Waals surface area contributed by atoms with E-state index in [0.717, 1.165) is 253 Å². The van der Waals surface area contributed by atoms with Crippen molar-refractivity contribution in [3.63, 3.8) is 0 Å². The summed E-state index contributed by atoms with van der Waals surface area (Å²) >= 11 is 0. The van der Waals surface area contributed by atoms with Gasteiger partial charge in [-0.05, 0) is 345 Å². The number of hydrogen-bond donors (Lipinski definition) is 4. The minimum Gasteiger partial charge on any atom is -0.354 e. The highest BCUT2D eigenvalue weighted by Gasteiger charge is 2.48. The Morgan fingerprint density at radius 2 is 0.447 bits per heavy atom. The maximum Gasteiger partial charge on any atom is 0.0771 e.